The van der Waals surface area contributed by atoms with Crippen molar-refractivity contribution < 1.29 is 23.7 Å². The van der Waals surface area contributed by atoms with Crippen LogP contribution in [0.1, 0.15) is 11.9 Å². The van der Waals surface area contributed by atoms with E-state index in [2.05, 4.69) is 10.3 Å². The van der Waals surface area contributed by atoms with Gasteiger partial charge in [-0.1, -0.05) is 0 Å². The van der Waals surface area contributed by atoms with Crippen molar-refractivity contribution in [1.29, 1.82) is 0 Å². The summed E-state index contributed by atoms with van der Waals surface area (Å²) in [6, 6.07) is 1.41. The van der Waals surface area contributed by atoms with Gasteiger partial charge in [0.05, 0.1) is 6.61 Å². The fourth-order valence-electron chi connectivity index (χ4n) is 2.14. The van der Waals surface area contributed by atoms with Crippen molar-refractivity contribution in [3.05, 3.63) is 28.4 Å². The predicted octanol–water partition coefficient (Wildman–Crippen LogP) is -0.973. The Labute approximate surface area is 119 Å². The number of hydrogen-bond acceptors (Lipinski definition) is 6. The molecule has 0 aromatic carbocycles. The molecule has 1 aliphatic rings. The monoisotopic (exact) mass is 305 g/mol. The van der Waals surface area contributed by atoms with Gasteiger partial charge in [-0.3, -0.25) is 4.57 Å². The number of nitrogens with one attached hydrogen (secondary N) is 1. The van der Waals surface area contributed by atoms with Crippen LogP contribution in [0, 0.1) is 6.92 Å². The molecular weight excluding hydrogens is 288 g/mol. The standard InChI is InChI=1S/C12H17F2N3O4/c1-7-2-4-17(11(20)16-7)10-12(13,14)9(19)8(21-10)6-15-3-5-18/h2,4,8-10,15,18-19H,3,5-6H2,1H3/t8-,9-,10-/m1/s1. The number of halogens is 2. The van der Waals surface area contributed by atoms with E-state index in [1.807, 2.05) is 0 Å². The summed E-state index contributed by atoms with van der Waals surface area (Å²) >= 11 is 0. The van der Waals surface area contributed by atoms with Gasteiger partial charge in [0.1, 0.15) is 12.2 Å². The first-order valence-corrected chi connectivity index (χ1v) is 6.46. The molecule has 1 aromatic rings. The second kappa shape index (κ2) is 6.14. The highest BCUT2D eigenvalue weighted by Gasteiger charge is 2.59. The van der Waals surface area contributed by atoms with Crippen LogP contribution in [-0.4, -0.2) is 57.6 Å². The molecule has 3 N–H and O–H groups in total. The van der Waals surface area contributed by atoms with Crippen LogP contribution in [0.2, 0.25) is 0 Å². The van der Waals surface area contributed by atoms with E-state index in [0.29, 0.717) is 10.3 Å². The average molecular weight is 305 g/mol. The van der Waals surface area contributed by atoms with Crippen LogP contribution in [0.4, 0.5) is 8.78 Å². The van der Waals surface area contributed by atoms with Crippen molar-refractivity contribution in [1.82, 2.24) is 14.9 Å². The summed E-state index contributed by atoms with van der Waals surface area (Å²) < 4.78 is 34.0. The van der Waals surface area contributed by atoms with E-state index in [0.717, 1.165) is 0 Å². The van der Waals surface area contributed by atoms with Crippen molar-refractivity contribution in [2.75, 3.05) is 19.7 Å². The number of rotatable bonds is 5. The SMILES string of the molecule is Cc1ccn([C@@H]2O[C@H](CNCCO)[C@@H](O)C2(F)F)c(=O)n1. The van der Waals surface area contributed by atoms with Crippen molar-refractivity contribution in [2.24, 2.45) is 0 Å². The van der Waals surface area contributed by atoms with Gasteiger partial charge < -0.3 is 20.3 Å². The van der Waals surface area contributed by atoms with Gasteiger partial charge in [-0.15, -0.1) is 0 Å². The predicted molar refractivity (Wildman–Crippen MR) is 68.1 cm³/mol. The number of nitrogens with zero attached hydrogens (tertiary/aromatic N) is 2. The van der Waals surface area contributed by atoms with Gasteiger partial charge in [-0.05, 0) is 13.0 Å². The zero-order chi connectivity index (χ0) is 15.6. The fraction of sp³-hybridized carbons (Fsp3) is 0.667. The molecule has 0 aliphatic carbocycles. The van der Waals surface area contributed by atoms with Crippen molar-refractivity contribution in [3.8, 4) is 0 Å². The third kappa shape index (κ3) is 3.10. The first-order valence-electron chi connectivity index (χ1n) is 6.46. The Bertz CT molecular complexity index is 552. The van der Waals surface area contributed by atoms with Crippen LogP contribution in [0.15, 0.2) is 17.1 Å². The van der Waals surface area contributed by atoms with Crippen molar-refractivity contribution in [3.63, 3.8) is 0 Å². The van der Waals surface area contributed by atoms with Crippen LogP contribution in [0.3, 0.4) is 0 Å². The van der Waals surface area contributed by atoms with E-state index in [-0.39, 0.29) is 19.7 Å². The van der Waals surface area contributed by atoms with Crippen LogP contribution in [0.25, 0.3) is 0 Å². The summed E-state index contributed by atoms with van der Waals surface area (Å²) in [7, 11) is 0. The largest absolute Gasteiger partial charge is 0.395 e. The lowest BCUT2D eigenvalue weighted by Gasteiger charge is -2.20. The Morgan fingerprint density at radius 2 is 2.29 bits per heavy atom. The third-order valence-electron chi connectivity index (χ3n) is 3.24. The minimum absolute atomic E-state index is 0.0676. The Balaban J connectivity index is 2.21. The molecule has 1 aliphatic heterocycles. The molecule has 1 fully saturated rings. The number of aliphatic hydroxyl groups excluding tert-OH is 2. The Hall–Kier alpha value is -1.42. The van der Waals surface area contributed by atoms with Gasteiger partial charge in [0.25, 0.3) is 0 Å². The molecule has 0 saturated carbocycles. The minimum Gasteiger partial charge on any atom is -0.395 e. The van der Waals surface area contributed by atoms with Gasteiger partial charge in [-0.2, -0.15) is 13.8 Å². The zero-order valence-corrected chi connectivity index (χ0v) is 11.4. The first kappa shape index (κ1) is 16.0. The van der Waals surface area contributed by atoms with E-state index in [4.69, 9.17) is 9.84 Å². The van der Waals surface area contributed by atoms with E-state index in [1.54, 1.807) is 6.92 Å². The molecule has 0 radical (unpaired) electrons. The number of aryl methyl sites for hydroxylation is 1. The number of alkyl halides is 2. The van der Waals surface area contributed by atoms with Crippen LogP contribution >= 0.6 is 0 Å². The molecule has 2 heterocycles. The average Bonchev–Trinajstić information content (AvgIpc) is 2.63. The Kier molecular flexibility index (Phi) is 4.67. The smallest absolute Gasteiger partial charge is 0.350 e. The van der Waals surface area contributed by atoms with Crippen molar-refractivity contribution >= 4 is 0 Å². The summed E-state index contributed by atoms with van der Waals surface area (Å²) in [6.45, 7) is 1.52. The number of aliphatic hydroxyl groups is 2. The fourth-order valence-corrected chi connectivity index (χ4v) is 2.14. The van der Waals surface area contributed by atoms with E-state index < -0.39 is 30.0 Å². The summed E-state index contributed by atoms with van der Waals surface area (Å²) in [5, 5.41) is 21.0. The van der Waals surface area contributed by atoms with Crippen LogP contribution < -0.4 is 11.0 Å². The lowest BCUT2D eigenvalue weighted by molar-refractivity contribution is -0.140. The lowest BCUT2D eigenvalue weighted by Crippen LogP contribution is -2.43. The number of aromatic nitrogens is 2. The highest BCUT2D eigenvalue weighted by atomic mass is 19.3. The molecule has 3 atom stereocenters. The van der Waals surface area contributed by atoms with Gasteiger partial charge in [0.2, 0.25) is 6.23 Å². The van der Waals surface area contributed by atoms with Gasteiger partial charge in [0, 0.05) is 25.0 Å². The maximum absolute atomic E-state index is 14.1. The molecule has 9 heteroatoms. The van der Waals surface area contributed by atoms with E-state index in [9.17, 15) is 18.7 Å². The highest BCUT2D eigenvalue weighted by Crippen LogP contribution is 2.41. The molecule has 0 unspecified atom stereocenters. The highest BCUT2D eigenvalue weighted by molar-refractivity contribution is 5.01. The molecule has 0 bridgehead atoms. The molecule has 1 saturated heterocycles. The Morgan fingerprint density at radius 3 is 2.90 bits per heavy atom. The third-order valence-corrected chi connectivity index (χ3v) is 3.24. The number of hydrogen-bond donors (Lipinski definition) is 3. The maximum Gasteiger partial charge on any atom is 0.350 e. The molecule has 1 aromatic heterocycles. The molecule has 2 rings (SSSR count). The quantitative estimate of drug-likeness (QED) is 0.606. The lowest BCUT2D eigenvalue weighted by atomic mass is 10.1. The zero-order valence-electron chi connectivity index (χ0n) is 11.4. The molecular formula is C12H17F2N3O4. The van der Waals surface area contributed by atoms with Gasteiger partial charge in [0.15, 0.2) is 0 Å². The number of ether oxygens (including phenoxy) is 1. The normalized spacial score (nSPS) is 28.0. The first-order chi connectivity index (χ1) is 9.87. The topological polar surface area (TPSA) is 96.6 Å². The molecule has 0 spiro atoms. The second-order valence-electron chi connectivity index (χ2n) is 4.83. The Morgan fingerprint density at radius 1 is 1.57 bits per heavy atom. The molecule has 7 nitrogen and oxygen atoms in total. The second-order valence-corrected chi connectivity index (χ2v) is 4.83. The van der Waals surface area contributed by atoms with E-state index in [1.165, 1.54) is 12.3 Å². The molecule has 0 amide bonds. The van der Waals surface area contributed by atoms with Crippen LogP contribution in [-0.2, 0) is 4.74 Å². The summed E-state index contributed by atoms with van der Waals surface area (Å²) in [5.41, 5.74) is -0.463. The van der Waals surface area contributed by atoms with Crippen molar-refractivity contribution in [2.45, 2.75) is 31.3 Å². The van der Waals surface area contributed by atoms with Gasteiger partial charge >= 0.3 is 11.6 Å². The summed E-state index contributed by atoms with van der Waals surface area (Å²) in [6.07, 6.45) is -3.99. The minimum atomic E-state index is -3.62. The summed E-state index contributed by atoms with van der Waals surface area (Å²) in [4.78, 5) is 15.3. The maximum atomic E-state index is 14.1. The van der Waals surface area contributed by atoms with Gasteiger partial charge in [-0.25, -0.2) is 4.79 Å². The molecule has 118 valence electrons. The van der Waals surface area contributed by atoms with E-state index >= 15 is 0 Å². The van der Waals surface area contributed by atoms with Crippen LogP contribution in [0.5, 0.6) is 0 Å². The summed E-state index contributed by atoms with van der Waals surface area (Å²) in [5.74, 6) is -3.62. The molecule has 21 heavy (non-hydrogen) atoms.